The Bertz CT molecular complexity index is 1690. The van der Waals surface area contributed by atoms with Crippen molar-refractivity contribution >= 4 is 34.5 Å². The zero-order valence-corrected chi connectivity index (χ0v) is 22.1. The number of carbonyl (C=O) groups is 1. The lowest BCUT2D eigenvalue weighted by molar-refractivity contribution is 0.0939. The summed E-state index contributed by atoms with van der Waals surface area (Å²) in [6.45, 7) is 9.29. The van der Waals surface area contributed by atoms with Crippen LogP contribution in [0.5, 0.6) is 0 Å². The van der Waals surface area contributed by atoms with Crippen molar-refractivity contribution < 1.29 is 4.79 Å². The summed E-state index contributed by atoms with van der Waals surface area (Å²) in [7, 11) is 3.48. The molecule has 1 unspecified atom stereocenters. The predicted molar refractivity (Wildman–Crippen MR) is 150 cm³/mol. The summed E-state index contributed by atoms with van der Waals surface area (Å²) in [5.41, 5.74) is 8.05. The summed E-state index contributed by atoms with van der Waals surface area (Å²) in [5, 5.41) is 12.5. The van der Waals surface area contributed by atoms with Gasteiger partial charge in [0.25, 0.3) is 11.5 Å². The quantitative estimate of drug-likeness (QED) is 0.304. The van der Waals surface area contributed by atoms with Crippen LogP contribution in [0, 0.1) is 11.8 Å². The molecular formula is C28H30N8O2. The normalized spacial score (nSPS) is 12.1. The molecule has 38 heavy (non-hydrogen) atoms. The second-order valence-electron chi connectivity index (χ2n) is 9.18. The Morgan fingerprint density at radius 1 is 1.24 bits per heavy atom. The maximum atomic E-state index is 13.8. The molecule has 0 saturated carbocycles. The van der Waals surface area contributed by atoms with Crippen LogP contribution in [0.2, 0.25) is 0 Å². The Morgan fingerprint density at radius 2 is 2.00 bits per heavy atom. The van der Waals surface area contributed by atoms with Gasteiger partial charge in [-0.3, -0.25) is 14.3 Å². The topological polar surface area (TPSA) is 125 Å². The fourth-order valence-corrected chi connectivity index (χ4v) is 4.36. The maximum Gasteiger partial charge on any atom is 0.260 e. The molecular weight excluding hydrogens is 480 g/mol. The van der Waals surface area contributed by atoms with Crippen LogP contribution in [0.1, 0.15) is 60.0 Å². The first-order chi connectivity index (χ1) is 18.1. The number of hydrogen-bond acceptors (Lipinski definition) is 6. The highest BCUT2D eigenvalue weighted by atomic mass is 16.2. The molecule has 1 aromatic carbocycles. The van der Waals surface area contributed by atoms with E-state index in [1.165, 1.54) is 17.0 Å². The SMILES string of the molecule is C=C/C=N\c1c(C(=O)NC(C)c2cc3cccc(C#Cc4cnn(C)c4)c3c(=O)n2C(C)C)c(N)nn1C. The molecule has 10 heteroatoms. The summed E-state index contributed by atoms with van der Waals surface area (Å²) in [6.07, 6.45) is 6.46. The van der Waals surface area contributed by atoms with Crippen molar-refractivity contribution in [2.75, 3.05) is 5.73 Å². The molecule has 3 N–H and O–H groups in total. The van der Waals surface area contributed by atoms with Gasteiger partial charge in [-0.05, 0) is 38.3 Å². The highest BCUT2D eigenvalue weighted by Gasteiger charge is 2.25. The van der Waals surface area contributed by atoms with Crippen molar-refractivity contribution in [3.05, 3.63) is 82.1 Å². The summed E-state index contributed by atoms with van der Waals surface area (Å²) >= 11 is 0. The average molecular weight is 511 g/mol. The molecule has 0 aliphatic heterocycles. The minimum absolute atomic E-state index is 0.0602. The number of allylic oxidation sites excluding steroid dienone is 1. The molecule has 0 saturated heterocycles. The Labute approximate surface area is 220 Å². The smallest absolute Gasteiger partial charge is 0.260 e. The first-order valence-electron chi connectivity index (χ1n) is 12.1. The molecule has 3 aromatic heterocycles. The number of nitrogens with zero attached hydrogens (tertiary/aromatic N) is 6. The largest absolute Gasteiger partial charge is 0.381 e. The van der Waals surface area contributed by atoms with Gasteiger partial charge in [-0.15, -0.1) is 0 Å². The lowest BCUT2D eigenvalue weighted by atomic mass is 10.0. The Morgan fingerprint density at radius 3 is 2.66 bits per heavy atom. The van der Waals surface area contributed by atoms with Crippen LogP contribution in [0.4, 0.5) is 11.6 Å². The van der Waals surface area contributed by atoms with E-state index in [4.69, 9.17) is 5.73 Å². The van der Waals surface area contributed by atoms with E-state index in [0.29, 0.717) is 22.5 Å². The highest BCUT2D eigenvalue weighted by Crippen LogP contribution is 2.27. The molecule has 0 spiro atoms. The predicted octanol–water partition coefficient (Wildman–Crippen LogP) is 3.41. The number of aryl methyl sites for hydroxylation is 2. The summed E-state index contributed by atoms with van der Waals surface area (Å²) < 4.78 is 4.80. The molecule has 1 amide bonds. The van der Waals surface area contributed by atoms with Gasteiger partial charge in [0.2, 0.25) is 0 Å². The van der Waals surface area contributed by atoms with E-state index in [1.807, 2.05) is 58.3 Å². The summed E-state index contributed by atoms with van der Waals surface area (Å²) in [5.74, 6) is 6.13. The third-order valence-corrected chi connectivity index (χ3v) is 6.04. The second-order valence-corrected chi connectivity index (χ2v) is 9.18. The van der Waals surface area contributed by atoms with E-state index in [1.54, 1.807) is 22.5 Å². The van der Waals surface area contributed by atoms with Crippen LogP contribution in [0.3, 0.4) is 0 Å². The van der Waals surface area contributed by atoms with Crippen LogP contribution < -0.4 is 16.6 Å². The van der Waals surface area contributed by atoms with Gasteiger partial charge in [0.15, 0.2) is 11.6 Å². The molecule has 0 radical (unpaired) electrons. The number of fused-ring (bicyclic) bond motifs is 1. The third-order valence-electron chi connectivity index (χ3n) is 6.04. The number of anilines is 1. The van der Waals surface area contributed by atoms with Gasteiger partial charge in [-0.1, -0.05) is 36.6 Å². The van der Waals surface area contributed by atoms with Gasteiger partial charge in [0.1, 0.15) is 5.56 Å². The first-order valence-corrected chi connectivity index (χ1v) is 12.1. The second kappa shape index (κ2) is 10.6. The number of nitrogen functional groups attached to an aromatic ring is 1. The van der Waals surface area contributed by atoms with Crippen LogP contribution in [-0.2, 0) is 14.1 Å². The van der Waals surface area contributed by atoms with Crippen molar-refractivity contribution in [2.45, 2.75) is 32.9 Å². The Balaban J connectivity index is 1.77. The van der Waals surface area contributed by atoms with E-state index >= 15 is 0 Å². The zero-order valence-electron chi connectivity index (χ0n) is 22.1. The van der Waals surface area contributed by atoms with Crippen molar-refractivity contribution in [2.24, 2.45) is 19.1 Å². The van der Waals surface area contributed by atoms with E-state index < -0.39 is 11.9 Å². The number of hydrogen-bond donors (Lipinski definition) is 2. The molecule has 1 atom stereocenters. The summed E-state index contributed by atoms with van der Waals surface area (Å²) in [6, 6.07) is 6.79. The number of rotatable bonds is 6. The maximum absolute atomic E-state index is 13.8. The van der Waals surface area contributed by atoms with Gasteiger partial charge in [-0.2, -0.15) is 10.2 Å². The van der Waals surface area contributed by atoms with E-state index in [9.17, 15) is 9.59 Å². The number of aliphatic imine (C=N–C) groups is 1. The number of nitrogens with two attached hydrogens (primary N) is 1. The first kappa shape index (κ1) is 26.2. The number of benzene rings is 1. The zero-order chi connectivity index (χ0) is 27.6. The molecule has 0 aliphatic carbocycles. The van der Waals surface area contributed by atoms with Gasteiger partial charge < -0.3 is 15.6 Å². The molecule has 10 nitrogen and oxygen atoms in total. The van der Waals surface area contributed by atoms with E-state index in [0.717, 1.165) is 10.9 Å². The van der Waals surface area contributed by atoms with Crippen LogP contribution in [-0.4, -0.2) is 36.2 Å². The third kappa shape index (κ3) is 4.99. The fourth-order valence-electron chi connectivity index (χ4n) is 4.36. The molecule has 0 aliphatic rings. The van der Waals surface area contributed by atoms with Crippen molar-refractivity contribution in [3.63, 3.8) is 0 Å². The number of nitrogens with one attached hydrogen (secondary N) is 1. The van der Waals surface area contributed by atoms with Crippen LogP contribution in [0.15, 0.2) is 59.1 Å². The van der Waals surface area contributed by atoms with Gasteiger partial charge in [0, 0.05) is 43.8 Å². The molecule has 0 fully saturated rings. The monoisotopic (exact) mass is 510 g/mol. The standard InChI is InChI=1S/C28H30N8O2/c1-7-13-30-26-24(25(29)33-35(26)6)27(37)32-18(4)22-14-21-10-8-9-20(12-11-19-15-31-34(5)16-19)23(21)28(38)36(22)17(2)3/h7-10,13-18H,1H2,2-6H3,(H2,29,33)(H,32,37)/b30-13-. The van der Waals surface area contributed by atoms with Gasteiger partial charge in [-0.25, -0.2) is 9.67 Å². The van der Waals surface area contributed by atoms with Gasteiger partial charge in [0.05, 0.1) is 23.2 Å². The number of amides is 1. The lowest BCUT2D eigenvalue weighted by Crippen LogP contribution is -2.33. The Kier molecular flexibility index (Phi) is 7.30. The van der Waals surface area contributed by atoms with E-state index in [-0.39, 0.29) is 23.0 Å². The van der Waals surface area contributed by atoms with Crippen LogP contribution in [0.25, 0.3) is 10.8 Å². The molecule has 4 rings (SSSR count). The Hall–Kier alpha value is -4.91. The van der Waals surface area contributed by atoms with Crippen molar-refractivity contribution in [3.8, 4) is 11.8 Å². The number of carbonyl (C=O) groups excluding carboxylic acids is 1. The molecule has 3 heterocycles. The van der Waals surface area contributed by atoms with Crippen molar-refractivity contribution in [1.29, 1.82) is 0 Å². The van der Waals surface area contributed by atoms with Crippen LogP contribution >= 0.6 is 0 Å². The average Bonchev–Trinajstić information content (AvgIpc) is 3.41. The van der Waals surface area contributed by atoms with Crippen molar-refractivity contribution in [1.82, 2.24) is 29.4 Å². The highest BCUT2D eigenvalue weighted by molar-refractivity contribution is 6.03. The summed E-state index contributed by atoms with van der Waals surface area (Å²) in [4.78, 5) is 31.4. The number of pyridine rings is 1. The minimum atomic E-state index is -0.525. The number of aromatic nitrogens is 5. The molecule has 0 bridgehead atoms. The minimum Gasteiger partial charge on any atom is -0.381 e. The van der Waals surface area contributed by atoms with Gasteiger partial charge >= 0.3 is 0 Å². The lowest BCUT2D eigenvalue weighted by Gasteiger charge is -2.23. The van der Waals surface area contributed by atoms with E-state index in [2.05, 4.69) is 38.9 Å². The molecule has 4 aromatic rings. The molecule has 194 valence electrons. The fraction of sp³-hybridized carbons (Fsp3) is 0.250.